The van der Waals surface area contributed by atoms with E-state index in [0.717, 1.165) is 25.7 Å². The molecule has 6 heteroatoms. The molecule has 0 spiro atoms. The first-order valence-electron chi connectivity index (χ1n) is 8.30. The third-order valence-corrected chi connectivity index (χ3v) is 4.19. The Hall–Kier alpha value is -1.30. The minimum Gasteiger partial charge on any atom is -0.469 e. The first-order valence-corrected chi connectivity index (χ1v) is 8.30. The number of nitrogens with one attached hydrogen (secondary N) is 1. The molecule has 0 heterocycles. The summed E-state index contributed by atoms with van der Waals surface area (Å²) in [4.78, 5) is 23.3. The predicted octanol–water partition coefficient (Wildman–Crippen LogP) is 2.90. The quantitative estimate of drug-likeness (QED) is 0.759. The maximum absolute atomic E-state index is 12.0. The minimum absolute atomic E-state index is 0.0612. The second kappa shape index (κ2) is 9.11. The van der Waals surface area contributed by atoms with Gasteiger partial charge in [-0.3, -0.25) is 4.79 Å². The molecule has 6 nitrogen and oxygen atoms in total. The Morgan fingerprint density at radius 2 is 1.74 bits per heavy atom. The van der Waals surface area contributed by atoms with E-state index in [1.54, 1.807) is 7.11 Å². The van der Waals surface area contributed by atoms with Crippen LogP contribution in [0.5, 0.6) is 0 Å². The van der Waals surface area contributed by atoms with Crippen molar-refractivity contribution in [2.75, 3.05) is 20.8 Å². The van der Waals surface area contributed by atoms with Crippen molar-refractivity contribution in [1.82, 2.24) is 5.32 Å². The van der Waals surface area contributed by atoms with Crippen LogP contribution < -0.4 is 5.32 Å². The number of rotatable bonds is 6. The summed E-state index contributed by atoms with van der Waals surface area (Å²) >= 11 is 0. The lowest BCUT2D eigenvalue weighted by molar-refractivity contribution is -0.142. The molecule has 1 N–H and O–H groups in total. The van der Waals surface area contributed by atoms with E-state index < -0.39 is 11.7 Å². The number of amides is 1. The molecular formula is C17H31NO5. The van der Waals surface area contributed by atoms with Crippen LogP contribution in [0, 0.1) is 11.8 Å². The van der Waals surface area contributed by atoms with Crippen LogP contribution in [0.4, 0.5) is 4.79 Å². The van der Waals surface area contributed by atoms with E-state index in [0.29, 0.717) is 24.9 Å². The van der Waals surface area contributed by atoms with Crippen molar-refractivity contribution >= 4 is 12.1 Å². The third-order valence-electron chi connectivity index (χ3n) is 4.19. The van der Waals surface area contributed by atoms with E-state index in [4.69, 9.17) is 14.2 Å². The molecule has 0 bridgehead atoms. The lowest BCUT2D eigenvalue weighted by atomic mass is 9.77. The Kier molecular flexibility index (Phi) is 7.82. The average molecular weight is 329 g/mol. The molecule has 0 radical (unpaired) electrons. The van der Waals surface area contributed by atoms with Crippen molar-refractivity contribution in [2.45, 2.75) is 64.5 Å². The van der Waals surface area contributed by atoms with Gasteiger partial charge in [-0.2, -0.15) is 0 Å². The molecular weight excluding hydrogens is 298 g/mol. The molecule has 0 aromatic carbocycles. The zero-order chi connectivity index (χ0) is 17.5. The van der Waals surface area contributed by atoms with E-state index >= 15 is 0 Å². The number of alkyl carbamates (subject to hydrolysis) is 1. The van der Waals surface area contributed by atoms with Gasteiger partial charge < -0.3 is 19.5 Å². The number of carbonyl (C=O) groups is 2. The van der Waals surface area contributed by atoms with E-state index in [-0.39, 0.29) is 12.0 Å². The Bertz CT molecular complexity index is 383. The molecule has 1 fully saturated rings. The molecule has 1 rings (SSSR count). The summed E-state index contributed by atoms with van der Waals surface area (Å²) in [6, 6.07) is -0.0612. The fourth-order valence-corrected chi connectivity index (χ4v) is 3.05. The highest BCUT2D eigenvalue weighted by Crippen LogP contribution is 2.33. The summed E-state index contributed by atoms with van der Waals surface area (Å²) in [6.07, 6.45) is 3.94. The SMILES string of the molecule is COCC(NC(=O)OC(C)(C)C)C1CCC(CC(=O)OC)CC1. The van der Waals surface area contributed by atoms with Crippen LogP contribution in [0.25, 0.3) is 0 Å². The molecule has 1 aliphatic rings. The van der Waals surface area contributed by atoms with Crippen molar-refractivity contribution in [3.8, 4) is 0 Å². The maximum atomic E-state index is 12.0. The second-order valence-electron chi connectivity index (χ2n) is 7.27. The first kappa shape index (κ1) is 19.7. The molecule has 1 unspecified atom stereocenters. The Morgan fingerprint density at radius 1 is 1.13 bits per heavy atom. The molecule has 1 amide bonds. The predicted molar refractivity (Wildman–Crippen MR) is 87.1 cm³/mol. The lowest BCUT2D eigenvalue weighted by Gasteiger charge is -2.34. The zero-order valence-electron chi connectivity index (χ0n) is 15.0. The number of esters is 1. The van der Waals surface area contributed by atoms with Gasteiger partial charge in [0.25, 0.3) is 0 Å². The van der Waals surface area contributed by atoms with Gasteiger partial charge in [0, 0.05) is 13.5 Å². The van der Waals surface area contributed by atoms with Gasteiger partial charge in [0.2, 0.25) is 0 Å². The van der Waals surface area contributed by atoms with Gasteiger partial charge in [0.1, 0.15) is 5.60 Å². The van der Waals surface area contributed by atoms with Crippen LogP contribution >= 0.6 is 0 Å². The Labute approximate surface area is 139 Å². The molecule has 0 saturated heterocycles. The van der Waals surface area contributed by atoms with Gasteiger partial charge in [-0.1, -0.05) is 0 Å². The maximum Gasteiger partial charge on any atom is 0.407 e. The van der Waals surface area contributed by atoms with Gasteiger partial charge in [-0.05, 0) is 58.3 Å². The Balaban J connectivity index is 2.49. The van der Waals surface area contributed by atoms with Gasteiger partial charge >= 0.3 is 12.1 Å². The van der Waals surface area contributed by atoms with Gasteiger partial charge in [0.15, 0.2) is 0 Å². The van der Waals surface area contributed by atoms with Crippen molar-refractivity contribution in [3.05, 3.63) is 0 Å². The van der Waals surface area contributed by atoms with Gasteiger partial charge in [-0.15, -0.1) is 0 Å². The molecule has 0 aliphatic heterocycles. The van der Waals surface area contributed by atoms with Crippen molar-refractivity contribution < 1.29 is 23.8 Å². The molecule has 23 heavy (non-hydrogen) atoms. The summed E-state index contributed by atoms with van der Waals surface area (Å²) in [5.41, 5.74) is -0.514. The summed E-state index contributed by atoms with van der Waals surface area (Å²) in [5, 5.41) is 2.93. The highest BCUT2D eigenvalue weighted by molar-refractivity contribution is 5.69. The molecule has 0 aromatic heterocycles. The summed E-state index contributed by atoms with van der Waals surface area (Å²) in [7, 11) is 3.06. The summed E-state index contributed by atoms with van der Waals surface area (Å²) < 4.78 is 15.3. The highest BCUT2D eigenvalue weighted by atomic mass is 16.6. The number of ether oxygens (including phenoxy) is 3. The standard InChI is InChI=1S/C17H31NO5/c1-17(2,3)23-16(20)18-14(11-21-4)13-8-6-12(7-9-13)10-15(19)22-5/h12-14H,6-11H2,1-5H3,(H,18,20). The largest absolute Gasteiger partial charge is 0.469 e. The van der Waals surface area contributed by atoms with Crippen LogP contribution in [-0.2, 0) is 19.0 Å². The van der Waals surface area contributed by atoms with Crippen molar-refractivity contribution in [3.63, 3.8) is 0 Å². The summed E-state index contributed by atoms with van der Waals surface area (Å²) in [5.74, 6) is 0.577. The average Bonchev–Trinajstić information content (AvgIpc) is 2.45. The molecule has 1 atom stereocenters. The Morgan fingerprint density at radius 3 is 2.22 bits per heavy atom. The van der Waals surface area contributed by atoms with Crippen molar-refractivity contribution in [2.24, 2.45) is 11.8 Å². The summed E-state index contributed by atoms with van der Waals surface area (Å²) in [6.45, 7) is 5.99. The number of hydrogen-bond donors (Lipinski definition) is 1. The van der Waals surface area contributed by atoms with Crippen LogP contribution in [-0.4, -0.2) is 44.5 Å². The normalized spacial score (nSPS) is 23.0. The van der Waals surface area contributed by atoms with Crippen LogP contribution in [0.1, 0.15) is 52.9 Å². The van der Waals surface area contributed by atoms with Crippen LogP contribution in [0.2, 0.25) is 0 Å². The number of methoxy groups -OCH3 is 2. The third kappa shape index (κ3) is 7.68. The van der Waals surface area contributed by atoms with Crippen LogP contribution in [0.15, 0.2) is 0 Å². The number of carbonyl (C=O) groups excluding carboxylic acids is 2. The van der Waals surface area contributed by atoms with E-state index in [1.165, 1.54) is 7.11 Å². The zero-order valence-corrected chi connectivity index (χ0v) is 15.0. The second-order valence-corrected chi connectivity index (χ2v) is 7.27. The number of hydrogen-bond acceptors (Lipinski definition) is 5. The monoisotopic (exact) mass is 329 g/mol. The molecule has 134 valence electrons. The fraction of sp³-hybridized carbons (Fsp3) is 0.882. The lowest BCUT2D eigenvalue weighted by Crippen LogP contribution is -2.46. The fourth-order valence-electron chi connectivity index (χ4n) is 3.05. The minimum atomic E-state index is -0.514. The van der Waals surface area contributed by atoms with E-state index in [9.17, 15) is 9.59 Å². The topological polar surface area (TPSA) is 73.9 Å². The van der Waals surface area contributed by atoms with Gasteiger partial charge in [0.05, 0.1) is 19.8 Å². The highest BCUT2D eigenvalue weighted by Gasteiger charge is 2.30. The first-order chi connectivity index (χ1) is 10.7. The van der Waals surface area contributed by atoms with E-state index in [2.05, 4.69) is 5.32 Å². The molecule has 1 saturated carbocycles. The van der Waals surface area contributed by atoms with E-state index in [1.807, 2.05) is 20.8 Å². The van der Waals surface area contributed by atoms with Crippen LogP contribution in [0.3, 0.4) is 0 Å². The molecule has 0 aromatic rings. The van der Waals surface area contributed by atoms with Gasteiger partial charge in [-0.25, -0.2) is 4.79 Å². The molecule has 1 aliphatic carbocycles. The van der Waals surface area contributed by atoms with Crippen molar-refractivity contribution in [1.29, 1.82) is 0 Å². The smallest absolute Gasteiger partial charge is 0.407 e.